The minimum atomic E-state index is -2.25. The maximum atomic E-state index is 11.1. The molecule has 0 aliphatic heterocycles. The van der Waals surface area contributed by atoms with Crippen molar-refractivity contribution < 1.29 is 14.3 Å². The van der Waals surface area contributed by atoms with Crippen molar-refractivity contribution >= 4 is 0 Å². The molecule has 0 aromatic rings. The van der Waals surface area contributed by atoms with Crippen LogP contribution in [0.1, 0.15) is 12.8 Å². The van der Waals surface area contributed by atoms with Crippen LogP contribution in [-0.4, -0.2) is 11.4 Å². The molecular weight excluding hydrogens is 90.0 g/mol. The summed E-state index contributed by atoms with van der Waals surface area (Å²) >= 11 is 0. The summed E-state index contributed by atoms with van der Waals surface area (Å²) in [6.45, 7) is 0. The third-order valence-electron chi connectivity index (χ3n) is 0.628. The molecule has 6 heavy (non-hydrogen) atoms. The van der Waals surface area contributed by atoms with E-state index < -0.39 is 5.92 Å². The highest BCUT2D eigenvalue weighted by Crippen LogP contribution is 2.40. The Hall–Kier alpha value is -0.180. The van der Waals surface area contributed by atoms with Crippen LogP contribution in [-0.2, 0) is 0 Å². The largest absolute Gasteiger partial charge is 0.412 e. The molecule has 1 aliphatic carbocycles. The number of rotatable bonds is 0. The lowest BCUT2D eigenvalue weighted by molar-refractivity contribution is 0.120. The molecule has 0 unspecified atom stereocenters. The molecular formula is C3H6F2O. The summed E-state index contributed by atoms with van der Waals surface area (Å²) < 4.78 is 22.3. The van der Waals surface area contributed by atoms with E-state index in [1.165, 1.54) is 0 Å². The van der Waals surface area contributed by atoms with Crippen LogP contribution in [0.15, 0.2) is 0 Å². The van der Waals surface area contributed by atoms with Gasteiger partial charge in [-0.1, -0.05) is 0 Å². The smallest absolute Gasteiger partial charge is 0.248 e. The van der Waals surface area contributed by atoms with E-state index in [1.54, 1.807) is 0 Å². The minimum Gasteiger partial charge on any atom is -0.412 e. The van der Waals surface area contributed by atoms with Gasteiger partial charge in [-0.2, -0.15) is 0 Å². The van der Waals surface area contributed by atoms with Crippen molar-refractivity contribution in [3.8, 4) is 0 Å². The zero-order valence-electron chi connectivity index (χ0n) is 3.17. The summed E-state index contributed by atoms with van der Waals surface area (Å²) in [4.78, 5) is 0. The van der Waals surface area contributed by atoms with Crippen LogP contribution >= 0.6 is 0 Å². The Labute approximate surface area is 34.3 Å². The number of alkyl halides is 2. The Bertz CT molecular complexity index is 46.8. The molecule has 1 rings (SSSR count). The molecule has 0 amide bonds. The Kier molecular flexibility index (Phi) is 1.12. The molecule has 38 valence electrons. The van der Waals surface area contributed by atoms with E-state index in [2.05, 4.69) is 0 Å². The van der Waals surface area contributed by atoms with Gasteiger partial charge in [0.2, 0.25) is 5.92 Å². The fraction of sp³-hybridized carbons (Fsp3) is 1.00. The van der Waals surface area contributed by atoms with Crippen molar-refractivity contribution in [1.82, 2.24) is 0 Å². The van der Waals surface area contributed by atoms with Gasteiger partial charge in [-0.25, -0.2) is 8.78 Å². The number of hydrogen-bond acceptors (Lipinski definition) is 0. The van der Waals surface area contributed by atoms with Crippen LogP contribution < -0.4 is 0 Å². The topological polar surface area (TPSA) is 31.5 Å². The molecule has 0 aromatic heterocycles. The predicted molar refractivity (Wildman–Crippen MR) is 17.8 cm³/mol. The lowest BCUT2D eigenvalue weighted by Crippen LogP contribution is -1.79. The third-order valence-corrected chi connectivity index (χ3v) is 0.628. The molecule has 0 bridgehead atoms. The van der Waals surface area contributed by atoms with Crippen molar-refractivity contribution in [1.29, 1.82) is 0 Å². The van der Waals surface area contributed by atoms with Crippen LogP contribution in [0.3, 0.4) is 0 Å². The summed E-state index contributed by atoms with van der Waals surface area (Å²) in [5.41, 5.74) is 0. The normalized spacial score (nSPS) is 25.0. The zero-order chi connectivity index (χ0) is 3.91. The van der Waals surface area contributed by atoms with Crippen molar-refractivity contribution in [2.45, 2.75) is 18.8 Å². The van der Waals surface area contributed by atoms with Crippen LogP contribution in [0.5, 0.6) is 0 Å². The van der Waals surface area contributed by atoms with E-state index in [4.69, 9.17) is 0 Å². The van der Waals surface area contributed by atoms with E-state index in [-0.39, 0.29) is 18.3 Å². The van der Waals surface area contributed by atoms with E-state index in [1.807, 2.05) is 0 Å². The highest BCUT2D eigenvalue weighted by atomic mass is 19.3. The predicted octanol–water partition coefficient (Wildman–Crippen LogP) is 0.591. The third kappa shape index (κ3) is 1.31. The fourth-order valence-electron chi connectivity index (χ4n) is 0.0945. The SMILES string of the molecule is FC1(F)CC1.O. The standard InChI is InChI=1S/C3H4F2.H2O/c4-3(5)1-2-3;/h1-2H2;1H2. The van der Waals surface area contributed by atoms with Gasteiger partial charge in [0.15, 0.2) is 0 Å². The van der Waals surface area contributed by atoms with Crippen LogP contribution in [0.2, 0.25) is 0 Å². The summed E-state index contributed by atoms with van der Waals surface area (Å²) in [6, 6.07) is 0. The first kappa shape index (κ1) is 5.82. The van der Waals surface area contributed by atoms with Crippen molar-refractivity contribution in [3.05, 3.63) is 0 Å². The highest BCUT2D eigenvalue weighted by Gasteiger charge is 2.43. The molecule has 0 aromatic carbocycles. The van der Waals surface area contributed by atoms with Gasteiger partial charge in [-0.3, -0.25) is 0 Å². The van der Waals surface area contributed by atoms with Gasteiger partial charge in [-0.15, -0.1) is 0 Å². The number of hydrogen-bond donors (Lipinski definition) is 0. The Morgan fingerprint density at radius 3 is 1.33 bits per heavy atom. The maximum Gasteiger partial charge on any atom is 0.248 e. The van der Waals surface area contributed by atoms with Gasteiger partial charge in [0.1, 0.15) is 0 Å². The average molecular weight is 96.1 g/mol. The van der Waals surface area contributed by atoms with Gasteiger partial charge < -0.3 is 5.48 Å². The molecule has 0 radical (unpaired) electrons. The molecule has 1 nitrogen and oxygen atoms in total. The Balaban J connectivity index is 0.000000250. The quantitative estimate of drug-likeness (QED) is 0.422. The monoisotopic (exact) mass is 96.0 g/mol. The van der Waals surface area contributed by atoms with Gasteiger partial charge in [0.25, 0.3) is 0 Å². The maximum absolute atomic E-state index is 11.1. The molecule has 0 saturated heterocycles. The van der Waals surface area contributed by atoms with E-state index in [9.17, 15) is 8.78 Å². The first-order chi connectivity index (χ1) is 2.21. The van der Waals surface area contributed by atoms with Crippen LogP contribution in [0.4, 0.5) is 8.78 Å². The van der Waals surface area contributed by atoms with Gasteiger partial charge in [0, 0.05) is 12.8 Å². The Morgan fingerprint density at radius 2 is 1.33 bits per heavy atom. The van der Waals surface area contributed by atoms with Crippen molar-refractivity contribution in [2.75, 3.05) is 0 Å². The molecule has 0 spiro atoms. The minimum absolute atomic E-state index is 0. The van der Waals surface area contributed by atoms with Gasteiger partial charge in [-0.05, 0) is 0 Å². The lowest BCUT2D eigenvalue weighted by Gasteiger charge is -1.76. The molecule has 0 heterocycles. The molecule has 2 N–H and O–H groups in total. The van der Waals surface area contributed by atoms with E-state index >= 15 is 0 Å². The second kappa shape index (κ2) is 1.15. The van der Waals surface area contributed by atoms with Crippen LogP contribution in [0.25, 0.3) is 0 Å². The summed E-state index contributed by atoms with van der Waals surface area (Å²) in [7, 11) is 0. The number of halogens is 2. The second-order valence-corrected chi connectivity index (χ2v) is 1.36. The molecule has 1 saturated carbocycles. The average Bonchev–Trinajstić information content (AvgIpc) is 1.76. The molecule has 1 fully saturated rings. The summed E-state index contributed by atoms with van der Waals surface area (Å²) in [6.07, 6.45) is 0.236. The van der Waals surface area contributed by atoms with Crippen molar-refractivity contribution in [3.63, 3.8) is 0 Å². The van der Waals surface area contributed by atoms with Crippen LogP contribution in [0, 0.1) is 0 Å². The molecule has 3 heteroatoms. The fourth-order valence-corrected chi connectivity index (χ4v) is 0.0945. The van der Waals surface area contributed by atoms with Gasteiger partial charge >= 0.3 is 0 Å². The summed E-state index contributed by atoms with van der Waals surface area (Å²) in [5, 5.41) is 0. The van der Waals surface area contributed by atoms with E-state index in [0.29, 0.717) is 0 Å². The zero-order valence-corrected chi connectivity index (χ0v) is 3.17. The first-order valence-electron chi connectivity index (χ1n) is 1.59. The van der Waals surface area contributed by atoms with Gasteiger partial charge in [0.05, 0.1) is 0 Å². The molecule has 1 aliphatic rings. The first-order valence-corrected chi connectivity index (χ1v) is 1.59. The summed E-state index contributed by atoms with van der Waals surface area (Å²) in [5.74, 6) is -2.25. The lowest BCUT2D eigenvalue weighted by atomic mass is 10.8. The van der Waals surface area contributed by atoms with E-state index in [0.717, 1.165) is 0 Å². The van der Waals surface area contributed by atoms with Crippen molar-refractivity contribution in [2.24, 2.45) is 0 Å². The highest BCUT2D eigenvalue weighted by molar-refractivity contribution is 4.81. The Morgan fingerprint density at radius 1 is 1.17 bits per heavy atom. The molecule has 0 atom stereocenters. The second-order valence-electron chi connectivity index (χ2n) is 1.36.